The molecule has 3 aliphatic rings. The number of hydrogen-bond acceptors (Lipinski definition) is 1. The van der Waals surface area contributed by atoms with Gasteiger partial charge in [0.2, 0.25) is 0 Å². The zero-order valence-electron chi connectivity index (χ0n) is 16.5. The van der Waals surface area contributed by atoms with Crippen LogP contribution in [0.15, 0.2) is 0 Å². The summed E-state index contributed by atoms with van der Waals surface area (Å²) in [4.78, 5) is 0. The van der Waals surface area contributed by atoms with Gasteiger partial charge in [0.1, 0.15) is 0 Å². The van der Waals surface area contributed by atoms with Gasteiger partial charge < -0.3 is 4.74 Å². The Morgan fingerprint density at radius 2 is 0.958 bits per heavy atom. The molecule has 3 rings (SSSR count). The zero-order valence-corrected chi connectivity index (χ0v) is 16.5. The van der Waals surface area contributed by atoms with Crippen LogP contribution in [-0.4, -0.2) is 13.7 Å². The van der Waals surface area contributed by atoms with Gasteiger partial charge in [-0.3, -0.25) is 0 Å². The van der Waals surface area contributed by atoms with Crippen LogP contribution in [0.4, 0.5) is 0 Å². The SMILES string of the molecule is CCCC1CCC(C2CCC(C3CCC(COC)CC3)CC2)CC1. The molecule has 3 fully saturated rings. The number of ether oxygens (including phenoxy) is 1. The molecule has 0 unspecified atom stereocenters. The average Bonchev–Trinajstić information content (AvgIpc) is 2.64. The molecule has 0 aromatic heterocycles. The van der Waals surface area contributed by atoms with Crippen molar-refractivity contribution >= 4 is 0 Å². The van der Waals surface area contributed by atoms with Crippen LogP contribution in [0.1, 0.15) is 96.8 Å². The summed E-state index contributed by atoms with van der Waals surface area (Å²) in [5.74, 6) is 6.25. The van der Waals surface area contributed by atoms with Gasteiger partial charge >= 0.3 is 0 Å². The van der Waals surface area contributed by atoms with E-state index in [4.69, 9.17) is 4.74 Å². The van der Waals surface area contributed by atoms with Crippen molar-refractivity contribution in [2.75, 3.05) is 13.7 Å². The van der Waals surface area contributed by atoms with Gasteiger partial charge in [-0.1, -0.05) is 32.6 Å². The van der Waals surface area contributed by atoms with Gasteiger partial charge in [0.05, 0.1) is 0 Å². The molecule has 0 aromatic carbocycles. The molecule has 0 N–H and O–H groups in total. The number of hydrogen-bond donors (Lipinski definition) is 0. The predicted molar refractivity (Wildman–Crippen MR) is 103 cm³/mol. The summed E-state index contributed by atoms with van der Waals surface area (Å²) < 4.78 is 5.37. The predicted octanol–water partition coefficient (Wildman–Crippen LogP) is 6.85. The van der Waals surface area contributed by atoms with E-state index in [9.17, 15) is 0 Å². The summed E-state index contributed by atoms with van der Waals surface area (Å²) >= 11 is 0. The molecule has 0 spiro atoms. The van der Waals surface area contributed by atoms with Crippen LogP contribution in [0.5, 0.6) is 0 Å². The lowest BCUT2D eigenvalue weighted by atomic mass is 9.65. The highest BCUT2D eigenvalue weighted by molar-refractivity contribution is 4.85. The summed E-state index contributed by atoms with van der Waals surface area (Å²) in [6.45, 7) is 3.36. The van der Waals surface area contributed by atoms with Gasteiger partial charge in [-0.15, -0.1) is 0 Å². The first-order valence-corrected chi connectivity index (χ1v) is 11.3. The molecule has 0 bridgehead atoms. The topological polar surface area (TPSA) is 9.23 Å². The van der Waals surface area contributed by atoms with Crippen molar-refractivity contribution in [3.05, 3.63) is 0 Å². The van der Waals surface area contributed by atoms with E-state index < -0.39 is 0 Å². The minimum absolute atomic E-state index is 0.862. The van der Waals surface area contributed by atoms with E-state index in [1.54, 1.807) is 51.4 Å². The molecular weight excluding hydrogens is 292 g/mol. The molecule has 0 aliphatic heterocycles. The largest absolute Gasteiger partial charge is 0.384 e. The first kappa shape index (κ1) is 18.7. The Kier molecular flexibility index (Phi) is 7.50. The monoisotopic (exact) mass is 334 g/mol. The number of methoxy groups -OCH3 is 1. The van der Waals surface area contributed by atoms with E-state index in [1.807, 2.05) is 7.11 Å². The van der Waals surface area contributed by atoms with Crippen molar-refractivity contribution in [3.63, 3.8) is 0 Å². The minimum atomic E-state index is 0.862. The highest BCUT2D eigenvalue weighted by Crippen LogP contribution is 2.46. The van der Waals surface area contributed by atoms with E-state index in [0.29, 0.717) is 0 Å². The zero-order chi connectivity index (χ0) is 16.8. The maximum absolute atomic E-state index is 5.37. The molecule has 1 nitrogen and oxygen atoms in total. The van der Waals surface area contributed by atoms with Gasteiger partial charge in [-0.2, -0.15) is 0 Å². The standard InChI is InChI=1S/C23H42O/c1-3-4-18-5-9-20(10-6-18)22-13-15-23(16-14-22)21-11-7-19(8-12-21)17-24-2/h18-23H,3-17H2,1-2H3. The van der Waals surface area contributed by atoms with Crippen molar-refractivity contribution in [1.82, 2.24) is 0 Å². The molecule has 0 amide bonds. The van der Waals surface area contributed by atoms with E-state index >= 15 is 0 Å². The summed E-state index contributed by atoms with van der Waals surface area (Å²) in [5.41, 5.74) is 0. The maximum Gasteiger partial charge on any atom is 0.0490 e. The quantitative estimate of drug-likeness (QED) is 0.516. The minimum Gasteiger partial charge on any atom is -0.384 e. The van der Waals surface area contributed by atoms with Gasteiger partial charge in [0.15, 0.2) is 0 Å². The Balaban J connectivity index is 1.36. The molecule has 3 saturated carbocycles. The molecule has 24 heavy (non-hydrogen) atoms. The van der Waals surface area contributed by atoms with Crippen molar-refractivity contribution in [1.29, 1.82) is 0 Å². The smallest absolute Gasteiger partial charge is 0.0490 e. The van der Waals surface area contributed by atoms with Crippen molar-refractivity contribution in [3.8, 4) is 0 Å². The Morgan fingerprint density at radius 1 is 0.583 bits per heavy atom. The average molecular weight is 335 g/mol. The molecular formula is C23H42O. The van der Waals surface area contributed by atoms with Crippen LogP contribution >= 0.6 is 0 Å². The van der Waals surface area contributed by atoms with Gasteiger partial charge in [0, 0.05) is 13.7 Å². The van der Waals surface area contributed by atoms with Gasteiger partial charge in [0.25, 0.3) is 0 Å². The Morgan fingerprint density at radius 3 is 1.33 bits per heavy atom. The Hall–Kier alpha value is -0.0400. The molecule has 3 aliphatic carbocycles. The van der Waals surface area contributed by atoms with Crippen LogP contribution in [0.25, 0.3) is 0 Å². The van der Waals surface area contributed by atoms with E-state index in [0.717, 1.165) is 42.1 Å². The molecule has 0 heterocycles. The summed E-state index contributed by atoms with van der Waals surface area (Å²) in [7, 11) is 1.86. The maximum atomic E-state index is 5.37. The molecule has 0 aromatic rings. The van der Waals surface area contributed by atoms with Crippen molar-refractivity contribution in [2.24, 2.45) is 35.5 Å². The lowest BCUT2D eigenvalue weighted by molar-refractivity contribution is 0.0803. The number of rotatable bonds is 6. The third-order valence-corrected chi connectivity index (χ3v) is 8.03. The summed E-state index contributed by atoms with van der Waals surface area (Å²) in [6.07, 6.45) is 21.2. The van der Waals surface area contributed by atoms with Crippen molar-refractivity contribution < 1.29 is 4.74 Å². The van der Waals surface area contributed by atoms with Gasteiger partial charge in [-0.05, 0) is 99.7 Å². The first-order valence-electron chi connectivity index (χ1n) is 11.3. The first-order chi connectivity index (χ1) is 11.8. The lowest BCUT2D eigenvalue weighted by Gasteiger charge is -2.41. The lowest BCUT2D eigenvalue weighted by Crippen LogP contribution is -2.30. The second kappa shape index (κ2) is 9.60. The summed E-state index contributed by atoms with van der Waals surface area (Å²) in [5, 5.41) is 0. The van der Waals surface area contributed by atoms with Crippen molar-refractivity contribution in [2.45, 2.75) is 96.8 Å². The van der Waals surface area contributed by atoms with Crippen LogP contribution < -0.4 is 0 Å². The third-order valence-electron chi connectivity index (χ3n) is 8.03. The molecule has 1 heteroatoms. The van der Waals surface area contributed by atoms with Crippen LogP contribution in [-0.2, 0) is 4.74 Å². The fraction of sp³-hybridized carbons (Fsp3) is 1.00. The van der Waals surface area contributed by atoms with Crippen LogP contribution in [0.3, 0.4) is 0 Å². The molecule has 0 atom stereocenters. The highest BCUT2D eigenvalue weighted by atomic mass is 16.5. The second-order valence-electron chi connectivity index (χ2n) is 9.48. The molecule has 0 radical (unpaired) electrons. The summed E-state index contributed by atoms with van der Waals surface area (Å²) in [6, 6.07) is 0. The van der Waals surface area contributed by atoms with Crippen LogP contribution in [0.2, 0.25) is 0 Å². The third kappa shape index (κ3) is 4.99. The highest BCUT2D eigenvalue weighted by Gasteiger charge is 2.34. The van der Waals surface area contributed by atoms with Crippen LogP contribution in [0, 0.1) is 35.5 Å². The normalized spacial score (nSPS) is 41.2. The fourth-order valence-corrected chi connectivity index (χ4v) is 6.51. The Labute approximate surface area is 151 Å². The van der Waals surface area contributed by atoms with Gasteiger partial charge in [-0.25, -0.2) is 0 Å². The Bertz CT molecular complexity index is 294. The molecule has 0 saturated heterocycles. The van der Waals surface area contributed by atoms with E-state index in [1.165, 1.54) is 38.5 Å². The van der Waals surface area contributed by atoms with E-state index in [-0.39, 0.29) is 0 Å². The fourth-order valence-electron chi connectivity index (χ4n) is 6.51. The molecule has 140 valence electrons. The van der Waals surface area contributed by atoms with E-state index in [2.05, 4.69) is 6.92 Å². The second-order valence-corrected chi connectivity index (χ2v) is 9.48.